The Kier molecular flexibility index (Phi) is 5.65. The van der Waals surface area contributed by atoms with E-state index in [1.54, 1.807) is 12.5 Å². The van der Waals surface area contributed by atoms with Gasteiger partial charge in [-0.2, -0.15) is 0 Å². The Bertz CT molecular complexity index is 1690. The fourth-order valence-electron chi connectivity index (χ4n) is 5.27. The molecule has 8 heteroatoms. The molecule has 0 amide bonds. The second-order valence-electron chi connectivity index (χ2n) is 10.5. The van der Waals surface area contributed by atoms with Crippen LogP contribution in [-0.4, -0.2) is 42.8 Å². The number of hydrogen-bond acceptors (Lipinski definition) is 6. The molecule has 6 rings (SSSR count). The smallest absolute Gasteiger partial charge is 0.337 e. The first-order valence-corrected chi connectivity index (χ1v) is 12.6. The number of pyridine rings is 2. The molecule has 192 valence electrons. The molecule has 0 fully saturated rings. The molecule has 3 aromatic heterocycles. The average Bonchev–Trinajstić information content (AvgIpc) is 3.42. The summed E-state index contributed by atoms with van der Waals surface area (Å²) in [4.78, 5) is 26.5. The third-order valence-electron chi connectivity index (χ3n) is 6.79. The lowest BCUT2D eigenvalue weighted by Gasteiger charge is -2.29. The zero-order valence-electron chi connectivity index (χ0n) is 21.7. The molecule has 8 nitrogen and oxygen atoms in total. The van der Waals surface area contributed by atoms with Crippen molar-refractivity contribution in [2.24, 2.45) is 0 Å². The van der Waals surface area contributed by atoms with Crippen molar-refractivity contribution in [3.05, 3.63) is 78.0 Å². The van der Waals surface area contributed by atoms with Crippen molar-refractivity contribution in [2.45, 2.75) is 45.8 Å². The molecule has 1 aliphatic rings. The van der Waals surface area contributed by atoms with Crippen molar-refractivity contribution in [3.8, 4) is 22.7 Å². The van der Waals surface area contributed by atoms with Gasteiger partial charge in [0.25, 0.3) is 0 Å². The number of carboxylic acid groups (broad SMARTS) is 1. The Morgan fingerprint density at radius 1 is 1.16 bits per heavy atom. The van der Waals surface area contributed by atoms with E-state index < -0.39 is 17.7 Å². The van der Waals surface area contributed by atoms with Gasteiger partial charge in [0.05, 0.1) is 23.2 Å². The van der Waals surface area contributed by atoms with E-state index in [4.69, 9.17) is 19.4 Å². The maximum Gasteiger partial charge on any atom is 0.337 e. The lowest BCUT2D eigenvalue weighted by molar-refractivity contribution is -0.160. The molecular weight excluding hydrogens is 480 g/mol. The average molecular weight is 509 g/mol. The number of aliphatic carboxylic acids is 1. The van der Waals surface area contributed by atoms with Gasteiger partial charge in [-0.1, -0.05) is 0 Å². The van der Waals surface area contributed by atoms with Crippen LogP contribution in [0.25, 0.3) is 38.8 Å². The van der Waals surface area contributed by atoms with Crippen LogP contribution in [0.1, 0.15) is 43.6 Å². The van der Waals surface area contributed by atoms with Crippen LogP contribution >= 0.6 is 0 Å². The van der Waals surface area contributed by atoms with Crippen LogP contribution in [0.4, 0.5) is 0 Å². The number of aromatic nitrogens is 4. The number of fused-ring (bicyclic) bond motifs is 1. The number of rotatable bonds is 5. The van der Waals surface area contributed by atoms with Gasteiger partial charge >= 0.3 is 5.97 Å². The third kappa shape index (κ3) is 4.07. The van der Waals surface area contributed by atoms with E-state index in [1.165, 1.54) is 0 Å². The van der Waals surface area contributed by atoms with Crippen molar-refractivity contribution >= 4 is 27.8 Å². The first kappa shape index (κ1) is 24.1. The van der Waals surface area contributed by atoms with Gasteiger partial charge in [-0.15, -0.1) is 0 Å². The molecule has 0 radical (unpaired) electrons. The molecule has 38 heavy (non-hydrogen) atoms. The second kappa shape index (κ2) is 8.92. The maximum absolute atomic E-state index is 12.7. The van der Waals surface area contributed by atoms with Gasteiger partial charge < -0.3 is 14.6 Å². The number of nitrogens with zero attached hydrogens (tertiary/aromatic N) is 4. The first-order chi connectivity index (χ1) is 18.2. The molecule has 0 spiro atoms. The van der Waals surface area contributed by atoms with E-state index in [9.17, 15) is 9.90 Å². The highest BCUT2D eigenvalue weighted by Gasteiger charge is 2.33. The van der Waals surface area contributed by atoms with Gasteiger partial charge in [-0.25, -0.2) is 14.8 Å². The van der Waals surface area contributed by atoms with Crippen molar-refractivity contribution in [1.82, 2.24) is 19.5 Å². The van der Waals surface area contributed by atoms with E-state index in [-0.39, 0.29) is 0 Å². The molecule has 5 aromatic rings. The summed E-state index contributed by atoms with van der Waals surface area (Å²) in [6.07, 6.45) is 6.65. The number of carboxylic acids is 1. The third-order valence-corrected chi connectivity index (χ3v) is 6.79. The van der Waals surface area contributed by atoms with Crippen LogP contribution in [-0.2, 0) is 16.0 Å². The highest BCUT2D eigenvalue weighted by molar-refractivity contribution is 6.08. The normalized spacial score (nSPS) is 14.0. The number of aryl methyl sites for hydroxylation is 1. The second-order valence-corrected chi connectivity index (χ2v) is 10.5. The zero-order chi connectivity index (χ0) is 26.6. The summed E-state index contributed by atoms with van der Waals surface area (Å²) in [7, 11) is 0. The van der Waals surface area contributed by atoms with Crippen molar-refractivity contribution in [3.63, 3.8) is 0 Å². The summed E-state index contributed by atoms with van der Waals surface area (Å²) in [6.45, 7) is 8.11. The Hall–Kier alpha value is -4.30. The molecule has 1 N–H and O–H groups in total. The summed E-state index contributed by atoms with van der Waals surface area (Å²) >= 11 is 0. The van der Waals surface area contributed by atoms with Crippen LogP contribution in [0.2, 0.25) is 0 Å². The summed E-state index contributed by atoms with van der Waals surface area (Å²) in [5, 5.41) is 12.2. The van der Waals surface area contributed by atoms with E-state index in [1.807, 2.05) is 81.1 Å². The number of benzene rings is 2. The minimum atomic E-state index is -1.19. The molecule has 1 unspecified atom stereocenters. The van der Waals surface area contributed by atoms with Gasteiger partial charge in [0.2, 0.25) is 0 Å². The lowest BCUT2D eigenvalue weighted by Crippen LogP contribution is -2.28. The Morgan fingerprint density at radius 2 is 2.00 bits per heavy atom. The van der Waals surface area contributed by atoms with Gasteiger partial charge in [-0.3, -0.25) is 9.55 Å². The van der Waals surface area contributed by atoms with E-state index in [2.05, 4.69) is 4.98 Å². The highest BCUT2D eigenvalue weighted by Crippen LogP contribution is 2.45. The maximum atomic E-state index is 12.7. The standard InChI is InChI=1S/C30H28N4O4/c1-17-15-21-19(6-8-23(33-21)34-13-12-31-16-34)26(24(17)28(29(35)36)38-30(2,3)4)20-5-7-22-25-18(10-14-37-22)9-11-32-27(20)25/h5-9,11-13,15-16,28H,10,14H2,1-4H3,(H,35,36). The van der Waals surface area contributed by atoms with Gasteiger partial charge in [0.1, 0.15) is 17.9 Å². The van der Waals surface area contributed by atoms with Gasteiger partial charge in [0.15, 0.2) is 6.10 Å². The number of imidazole rings is 1. The molecular formula is C30H28N4O4. The minimum Gasteiger partial charge on any atom is -0.493 e. The molecule has 1 atom stereocenters. The van der Waals surface area contributed by atoms with Crippen molar-refractivity contribution in [2.75, 3.05) is 6.61 Å². The first-order valence-electron chi connectivity index (χ1n) is 12.6. The molecule has 1 aliphatic heterocycles. The number of carbonyl (C=O) groups is 1. The highest BCUT2D eigenvalue weighted by atomic mass is 16.5. The topological polar surface area (TPSA) is 99.4 Å². The van der Waals surface area contributed by atoms with Crippen LogP contribution in [0, 0.1) is 6.92 Å². The summed E-state index contributed by atoms with van der Waals surface area (Å²) in [5.74, 6) is 0.459. The SMILES string of the molecule is Cc1cc2nc(-n3ccnc3)ccc2c(-c2ccc3c4c(ccnc24)CCO3)c1C(OC(C)(C)C)C(=O)O. The van der Waals surface area contributed by atoms with Crippen LogP contribution < -0.4 is 4.74 Å². The minimum absolute atomic E-state index is 0.594. The van der Waals surface area contributed by atoms with Crippen molar-refractivity contribution < 1.29 is 19.4 Å². The van der Waals surface area contributed by atoms with Crippen LogP contribution in [0.15, 0.2) is 61.3 Å². The van der Waals surface area contributed by atoms with E-state index in [0.717, 1.165) is 62.0 Å². The zero-order valence-corrected chi connectivity index (χ0v) is 21.7. The Labute approximate surface area is 219 Å². The molecule has 0 aliphatic carbocycles. The monoisotopic (exact) mass is 508 g/mol. The lowest BCUT2D eigenvalue weighted by atomic mass is 9.86. The molecule has 0 saturated carbocycles. The van der Waals surface area contributed by atoms with Gasteiger partial charge in [0, 0.05) is 46.9 Å². The molecule has 0 saturated heterocycles. The predicted molar refractivity (Wildman–Crippen MR) is 145 cm³/mol. The summed E-state index contributed by atoms with van der Waals surface area (Å²) in [5.41, 5.74) is 4.93. The quantitative estimate of drug-likeness (QED) is 0.319. The van der Waals surface area contributed by atoms with E-state index >= 15 is 0 Å². The number of hydrogen-bond donors (Lipinski definition) is 1. The largest absolute Gasteiger partial charge is 0.493 e. The Morgan fingerprint density at radius 3 is 2.74 bits per heavy atom. The van der Waals surface area contributed by atoms with Gasteiger partial charge in [-0.05, 0) is 80.8 Å². The summed E-state index contributed by atoms with van der Waals surface area (Å²) in [6, 6.07) is 11.8. The Balaban J connectivity index is 1.71. The van der Waals surface area contributed by atoms with Crippen LogP contribution in [0.3, 0.4) is 0 Å². The number of ether oxygens (including phenoxy) is 2. The molecule has 2 aromatic carbocycles. The molecule has 0 bridgehead atoms. The van der Waals surface area contributed by atoms with Crippen LogP contribution in [0.5, 0.6) is 5.75 Å². The fourth-order valence-corrected chi connectivity index (χ4v) is 5.27. The summed E-state index contributed by atoms with van der Waals surface area (Å²) < 4.78 is 14.0. The fraction of sp³-hybridized carbons (Fsp3) is 0.267. The predicted octanol–water partition coefficient (Wildman–Crippen LogP) is 5.82. The van der Waals surface area contributed by atoms with E-state index in [0.29, 0.717) is 12.2 Å². The van der Waals surface area contributed by atoms with Crippen molar-refractivity contribution in [1.29, 1.82) is 0 Å². The molecule has 4 heterocycles.